The standard InChI is InChI=1S/C14H10ClF4N3O2/c1-20-12-11(5-21-13(15)22-12)24-6-10(23)8-3-2-7(16)4-9(8)14(17,18)19/h2-5H,6H2,1H3,(H,20,21,22). The number of ether oxygens (including phenoxy) is 1. The number of carbonyl (C=O) groups is 1. The fourth-order valence-electron chi connectivity index (χ4n) is 1.85. The van der Waals surface area contributed by atoms with Crippen LogP contribution < -0.4 is 10.1 Å². The van der Waals surface area contributed by atoms with Gasteiger partial charge in [-0.3, -0.25) is 4.79 Å². The second kappa shape index (κ2) is 7.00. The Kier molecular flexibility index (Phi) is 5.23. The first-order valence-corrected chi connectivity index (χ1v) is 6.83. The van der Waals surface area contributed by atoms with Crippen molar-refractivity contribution in [3.05, 3.63) is 46.6 Å². The highest BCUT2D eigenvalue weighted by atomic mass is 35.5. The normalized spacial score (nSPS) is 11.2. The van der Waals surface area contributed by atoms with Crippen molar-refractivity contribution in [2.45, 2.75) is 6.18 Å². The number of hydrogen-bond donors (Lipinski definition) is 1. The quantitative estimate of drug-likeness (QED) is 0.499. The Morgan fingerprint density at radius 1 is 1.38 bits per heavy atom. The van der Waals surface area contributed by atoms with Crippen LogP contribution in [0.1, 0.15) is 15.9 Å². The van der Waals surface area contributed by atoms with Crippen molar-refractivity contribution in [3.8, 4) is 5.75 Å². The summed E-state index contributed by atoms with van der Waals surface area (Å²) >= 11 is 5.59. The smallest absolute Gasteiger partial charge is 0.417 e. The van der Waals surface area contributed by atoms with E-state index in [2.05, 4.69) is 15.3 Å². The number of rotatable bonds is 5. The Labute approximate surface area is 138 Å². The maximum absolute atomic E-state index is 13.0. The molecule has 0 saturated carbocycles. The summed E-state index contributed by atoms with van der Waals surface area (Å²) in [5, 5.41) is 2.57. The molecule has 128 valence electrons. The largest absolute Gasteiger partial charge is 0.480 e. The van der Waals surface area contributed by atoms with E-state index in [9.17, 15) is 22.4 Å². The molecule has 0 amide bonds. The van der Waals surface area contributed by atoms with E-state index in [4.69, 9.17) is 16.3 Å². The number of aromatic nitrogens is 2. The van der Waals surface area contributed by atoms with Gasteiger partial charge in [0.15, 0.2) is 18.2 Å². The highest BCUT2D eigenvalue weighted by Gasteiger charge is 2.35. The van der Waals surface area contributed by atoms with Crippen molar-refractivity contribution in [2.24, 2.45) is 0 Å². The van der Waals surface area contributed by atoms with Crippen LogP contribution >= 0.6 is 11.6 Å². The minimum Gasteiger partial charge on any atom is -0.480 e. The van der Waals surface area contributed by atoms with Gasteiger partial charge in [0.05, 0.1) is 11.8 Å². The zero-order chi connectivity index (χ0) is 17.9. The number of carbonyl (C=O) groups excluding carboxylic acids is 1. The summed E-state index contributed by atoms with van der Waals surface area (Å²) in [5.74, 6) is -1.87. The number of Topliss-reactive ketones (excluding diaryl/α,β-unsaturated/α-hetero) is 1. The molecule has 0 atom stereocenters. The molecule has 24 heavy (non-hydrogen) atoms. The zero-order valence-corrected chi connectivity index (χ0v) is 12.9. The van der Waals surface area contributed by atoms with Crippen molar-refractivity contribution in [3.63, 3.8) is 0 Å². The highest BCUT2D eigenvalue weighted by Crippen LogP contribution is 2.33. The lowest BCUT2D eigenvalue weighted by molar-refractivity contribution is -0.138. The van der Waals surface area contributed by atoms with Gasteiger partial charge in [-0.2, -0.15) is 18.2 Å². The van der Waals surface area contributed by atoms with Crippen LogP contribution in [0, 0.1) is 5.82 Å². The Hall–Kier alpha value is -2.42. The topological polar surface area (TPSA) is 64.1 Å². The van der Waals surface area contributed by atoms with Crippen LogP contribution in [0.3, 0.4) is 0 Å². The fourth-order valence-corrected chi connectivity index (χ4v) is 1.98. The third-order valence-corrected chi connectivity index (χ3v) is 3.09. The third-order valence-electron chi connectivity index (χ3n) is 2.91. The van der Waals surface area contributed by atoms with Crippen molar-refractivity contribution >= 4 is 23.2 Å². The van der Waals surface area contributed by atoms with Crippen LogP contribution in [0.25, 0.3) is 0 Å². The van der Waals surface area contributed by atoms with Crippen molar-refractivity contribution in [1.82, 2.24) is 9.97 Å². The first kappa shape index (κ1) is 17.9. The monoisotopic (exact) mass is 363 g/mol. The number of benzene rings is 1. The van der Waals surface area contributed by atoms with Gasteiger partial charge in [-0.25, -0.2) is 9.37 Å². The van der Waals surface area contributed by atoms with Gasteiger partial charge in [0.1, 0.15) is 5.82 Å². The van der Waals surface area contributed by atoms with Crippen LogP contribution in [-0.4, -0.2) is 29.4 Å². The predicted octanol–water partition coefficient (Wildman–Crippen LogP) is 3.59. The van der Waals surface area contributed by atoms with E-state index in [-0.39, 0.29) is 22.9 Å². The maximum Gasteiger partial charge on any atom is 0.417 e. The van der Waals surface area contributed by atoms with Crippen LogP contribution in [0.4, 0.5) is 23.4 Å². The molecule has 1 heterocycles. The lowest BCUT2D eigenvalue weighted by Gasteiger charge is -2.13. The molecule has 1 aromatic carbocycles. The van der Waals surface area contributed by atoms with Crippen molar-refractivity contribution < 1.29 is 27.1 Å². The number of nitrogens with zero attached hydrogens (tertiary/aromatic N) is 2. The Balaban J connectivity index is 2.23. The number of ketones is 1. The molecule has 2 rings (SSSR count). The zero-order valence-electron chi connectivity index (χ0n) is 12.1. The summed E-state index contributed by atoms with van der Waals surface area (Å²) < 4.78 is 56.9. The second-order valence-corrected chi connectivity index (χ2v) is 4.84. The predicted molar refractivity (Wildman–Crippen MR) is 77.8 cm³/mol. The van der Waals surface area contributed by atoms with Gasteiger partial charge in [-0.1, -0.05) is 0 Å². The minimum absolute atomic E-state index is 0.0333. The minimum atomic E-state index is -4.87. The molecular weight excluding hydrogens is 354 g/mol. The molecule has 0 bridgehead atoms. The van der Waals surface area contributed by atoms with E-state index in [1.54, 1.807) is 0 Å². The molecule has 0 fully saturated rings. The lowest BCUT2D eigenvalue weighted by atomic mass is 10.0. The molecule has 10 heteroatoms. The van der Waals surface area contributed by atoms with Gasteiger partial charge in [0.25, 0.3) is 0 Å². The molecule has 0 unspecified atom stereocenters. The first-order chi connectivity index (χ1) is 11.2. The Morgan fingerprint density at radius 3 is 2.71 bits per heavy atom. The number of halogens is 5. The summed E-state index contributed by atoms with van der Waals surface area (Å²) in [7, 11) is 1.51. The molecule has 0 aliphatic heterocycles. The van der Waals surface area contributed by atoms with Gasteiger partial charge in [0, 0.05) is 12.6 Å². The van der Waals surface area contributed by atoms with E-state index in [0.29, 0.717) is 0 Å². The van der Waals surface area contributed by atoms with E-state index < -0.39 is 35.5 Å². The van der Waals surface area contributed by atoms with Gasteiger partial charge in [-0.05, 0) is 29.8 Å². The third kappa shape index (κ3) is 4.10. The summed E-state index contributed by atoms with van der Waals surface area (Å²) in [5.41, 5.74) is -2.05. The summed E-state index contributed by atoms with van der Waals surface area (Å²) in [6, 6.07) is 1.80. The highest BCUT2D eigenvalue weighted by molar-refractivity contribution is 6.28. The molecule has 1 N–H and O–H groups in total. The molecule has 2 aromatic rings. The number of hydrogen-bond acceptors (Lipinski definition) is 5. The second-order valence-electron chi connectivity index (χ2n) is 4.50. The number of nitrogens with one attached hydrogen (secondary N) is 1. The van der Waals surface area contributed by atoms with Gasteiger partial charge in [0.2, 0.25) is 11.1 Å². The lowest BCUT2D eigenvalue weighted by Crippen LogP contribution is -2.19. The van der Waals surface area contributed by atoms with E-state index in [1.165, 1.54) is 13.2 Å². The van der Waals surface area contributed by atoms with Crippen molar-refractivity contribution in [2.75, 3.05) is 19.0 Å². The van der Waals surface area contributed by atoms with Gasteiger partial charge >= 0.3 is 6.18 Å². The summed E-state index contributed by atoms with van der Waals surface area (Å²) in [6.07, 6.45) is -3.70. The van der Waals surface area contributed by atoms with Crippen LogP contribution in [-0.2, 0) is 6.18 Å². The molecule has 0 radical (unpaired) electrons. The molecule has 1 aromatic heterocycles. The fraction of sp³-hybridized carbons (Fsp3) is 0.214. The van der Waals surface area contributed by atoms with Crippen molar-refractivity contribution in [1.29, 1.82) is 0 Å². The van der Waals surface area contributed by atoms with Crippen LogP contribution in [0.15, 0.2) is 24.4 Å². The SMILES string of the molecule is CNc1nc(Cl)ncc1OCC(=O)c1ccc(F)cc1C(F)(F)F. The molecule has 0 saturated heterocycles. The van der Waals surface area contributed by atoms with E-state index in [0.717, 1.165) is 12.1 Å². The summed E-state index contributed by atoms with van der Waals surface area (Å²) in [4.78, 5) is 19.5. The Morgan fingerprint density at radius 2 is 2.08 bits per heavy atom. The maximum atomic E-state index is 13.0. The molecule has 0 spiro atoms. The molecule has 0 aliphatic carbocycles. The van der Waals surface area contributed by atoms with Crippen LogP contribution in [0.5, 0.6) is 5.75 Å². The van der Waals surface area contributed by atoms with Crippen LogP contribution in [0.2, 0.25) is 5.28 Å². The summed E-state index contributed by atoms with van der Waals surface area (Å²) in [6.45, 7) is -0.714. The number of anilines is 1. The molecule has 0 aliphatic rings. The average Bonchev–Trinajstić information content (AvgIpc) is 2.52. The van der Waals surface area contributed by atoms with E-state index in [1.807, 2.05) is 0 Å². The van der Waals surface area contributed by atoms with Gasteiger partial charge < -0.3 is 10.1 Å². The van der Waals surface area contributed by atoms with Gasteiger partial charge in [-0.15, -0.1) is 0 Å². The molecular formula is C14H10ClF4N3O2. The number of alkyl halides is 3. The molecule has 5 nitrogen and oxygen atoms in total. The first-order valence-electron chi connectivity index (χ1n) is 6.45. The Bertz CT molecular complexity index is 768. The van der Waals surface area contributed by atoms with E-state index >= 15 is 0 Å². The average molecular weight is 364 g/mol.